The van der Waals surface area contributed by atoms with Crippen molar-refractivity contribution >= 4 is 34.4 Å². The predicted molar refractivity (Wildman–Crippen MR) is 102 cm³/mol. The van der Waals surface area contributed by atoms with Crippen molar-refractivity contribution in [2.75, 3.05) is 5.32 Å². The summed E-state index contributed by atoms with van der Waals surface area (Å²) < 4.78 is 4.58. The molecule has 1 atom stereocenters. The number of carbonyl (C=O) groups is 1. The molecule has 140 valence electrons. The molecule has 3 aromatic rings. The van der Waals surface area contributed by atoms with E-state index in [4.69, 9.17) is 10.5 Å². The van der Waals surface area contributed by atoms with Gasteiger partial charge in [0.05, 0.1) is 22.5 Å². The molecule has 0 aliphatic rings. The van der Waals surface area contributed by atoms with E-state index in [2.05, 4.69) is 25.0 Å². The number of aryl methyl sites for hydroxylation is 1. The van der Waals surface area contributed by atoms with Crippen molar-refractivity contribution in [3.63, 3.8) is 0 Å². The van der Waals surface area contributed by atoms with E-state index in [0.717, 1.165) is 0 Å². The predicted octanol–water partition coefficient (Wildman–Crippen LogP) is 2.82. The van der Waals surface area contributed by atoms with E-state index in [1.807, 2.05) is 6.07 Å². The Morgan fingerprint density at radius 3 is 2.89 bits per heavy atom. The second-order valence-electron chi connectivity index (χ2n) is 5.77. The van der Waals surface area contributed by atoms with Crippen LogP contribution in [0.15, 0.2) is 29.6 Å². The molecule has 0 saturated carbocycles. The van der Waals surface area contributed by atoms with Crippen LogP contribution in [0.1, 0.15) is 18.2 Å². The number of benzene rings is 1. The topological polar surface area (TPSA) is 148 Å². The Morgan fingerprint density at radius 1 is 1.43 bits per heavy atom. The van der Waals surface area contributed by atoms with Gasteiger partial charge in [-0.05, 0) is 26.0 Å². The molecule has 0 bridgehead atoms. The lowest BCUT2D eigenvalue weighted by atomic mass is 10.2. The van der Waals surface area contributed by atoms with Gasteiger partial charge in [0.2, 0.25) is 5.91 Å². The molecule has 1 amide bonds. The van der Waals surface area contributed by atoms with Gasteiger partial charge in [-0.2, -0.15) is 5.26 Å². The maximum absolute atomic E-state index is 12.4. The second-order valence-corrected chi connectivity index (χ2v) is 7.10. The van der Waals surface area contributed by atoms with Crippen LogP contribution >= 0.6 is 11.8 Å². The molecule has 10 heteroatoms. The van der Waals surface area contributed by atoms with Crippen LogP contribution in [0.2, 0.25) is 0 Å². The first-order valence-corrected chi connectivity index (χ1v) is 8.92. The Labute approximate surface area is 164 Å². The van der Waals surface area contributed by atoms with E-state index in [0.29, 0.717) is 33.1 Å². The number of imidazole rings is 1. The van der Waals surface area contributed by atoms with Crippen LogP contribution in [-0.4, -0.2) is 31.2 Å². The number of nitrogens with zero attached hydrogens (tertiary/aromatic N) is 4. The Hall–Kier alpha value is -3.76. The van der Waals surface area contributed by atoms with Crippen molar-refractivity contribution in [2.45, 2.75) is 24.3 Å². The Balaban J connectivity index is 1.72. The molecule has 28 heavy (non-hydrogen) atoms. The normalized spacial score (nSPS) is 11.4. The first kappa shape index (κ1) is 19.0. The number of aromatic nitrogens is 3. The molecule has 9 nitrogen and oxygen atoms in total. The number of aromatic amines is 1. The van der Waals surface area contributed by atoms with Crippen LogP contribution in [-0.2, 0) is 4.79 Å². The average Bonchev–Trinajstić information content (AvgIpc) is 3.08. The minimum absolute atomic E-state index is 0.00548. The fourth-order valence-corrected chi connectivity index (χ4v) is 3.26. The molecule has 0 saturated heterocycles. The van der Waals surface area contributed by atoms with Gasteiger partial charge in [0.15, 0.2) is 16.7 Å². The molecule has 2 heterocycles. The van der Waals surface area contributed by atoms with Crippen LogP contribution in [0.4, 0.5) is 5.69 Å². The van der Waals surface area contributed by atoms with Crippen LogP contribution in [0, 0.1) is 29.8 Å². The number of pyridine rings is 1. The van der Waals surface area contributed by atoms with Crippen LogP contribution in [0.25, 0.3) is 11.0 Å². The zero-order valence-corrected chi connectivity index (χ0v) is 15.7. The summed E-state index contributed by atoms with van der Waals surface area (Å²) in [4.78, 5) is 24.0. The SMILES string of the molecule is Cc1c(C#N)ncc2[nH]c(SC(C)C(=O)Nc3ccc(OC#N)c(O)c3)nc12. The summed E-state index contributed by atoms with van der Waals surface area (Å²) in [5.74, 6) is -0.550. The molecule has 0 radical (unpaired) electrons. The van der Waals surface area contributed by atoms with Gasteiger partial charge >= 0.3 is 0 Å². The number of ether oxygens (including phenoxy) is 1. The first-order valence-electron chi connectivity index (χ1n) is 8.04. The highest BCUT2D eigenvalue weighted by Gasteiger charge is 2.18. The summed E-state index contributed by atoms with van der Waals surface area (Å²) >= 11 is 1.21. The molecule has 0 aliphatic heterocycles. The third kappa shape index (κ3) is 3.82. The van der Waals surface area contributed by atoms with Gasteiger partial charge in [-0.1, -0.05) is 11.8 Å². The van der Waals surface area contributed by atoms with E-state index >= 15 is 0 Å². The van der Waals surface area contributed by atoms with E-state index in [-0.39, 0.29) is 17.4 Å². The summed E-state index contributed by atoms with van der Waals surface area (Å²) in [7, 11) is 0. The van der Waals surface area contributed by atoms with Crippen molar-refractivity contribution in [1.29, 1.82) is 10.5 Å². The Bertz CT molecular complexity index is 1140. The van der Waals surface area contributed by atoms with Crippen molar-refractivity contribution in [3.8, 4) is 23.8 Å². The zero-order valence-electron chi connectivity index (χ0n) is 14.8. The number of hydrogen-bond acceptors (Lipinski definition) is 8. The van der Waals surface area contributed by atoms with E-state index < -0.39 is 5.25 Å². The number of phenols is 1. The number of anilines is 1. The molecule has 3 rings (SSSR count). The summed E-state index contributed by atoms with van der Waals surface area (Å²) in [5, 5.41) is 30.0. The number of amides is 1. The average molecular weight is 394 g/mol. The highest BCUT2D eigenvalue weighted by atomic mass is 32.2. The number of hydrogen-bond donors (Lipinski definition) is 3. The zero-order chi connectivity index (χ0) is 20.3. The fraction of sp³-hybridized carbons (Fsp3) is 0.167. The molecule has 3 N–H and O–H groups in total. The lowest BCUT2D eigenvalue weighted by molar-refractivity contribution is -0.115. The van der Waals surface area contributed by atoms with Gasteiger partial charge in [0.25, 0.3) is 6.26 Å². The lowest BCUT2D eigenvalue weighted by Crippen LogP contribution is -2.22. The maximum Gasteiger partial charge on any atom is 0.292 e. The highest BCUT2D eigenvalue weighted by Crippen LogP contribution is 2.30. The largest absolute Gasteiger partial charge is 0.504 e. The molecular formula is C18H14N6O3S. The maximum atomic E-state index is 12.4. The number of phenolic OH excluding ortho intramolecular Hbond substituents is 1. The molecule has 0 fully saturated rings. The summed E-state index contributed by atoms with van der Waals surface area (Å²) in [5.41, 5.74) is 2.67. The molecule has 2 aromatic heterocycles. The van der Waals surface area contributed by atoms with Crippen molar-refractivity contribution < 1.29 is 14.6 Å². The van der Waals surface area contributed by atoms with Gasteiger partial charge in [-0.25, -0.2) is 9.97 Å². The van der Waals surface area contributed by atoms with Crippen LogP contribution < -0.4 is 10.1 Å². The van der Waals surface area contributed by atoms with Crippen LogP contribution in [0.3, 0.4) is 0 Å². The van der Waals surface area contributed by atoms with Gasteiger partial charge < -0.3 is 20.1 Å². The Kier molecular flexibility index (Phi) is 5.34. The van der Waals surface area contributed by atoms with Gasteiger partial charge in [0, 0.05) is 17.3 Å². The van der Waals surface area contributed by atoms with E-state index in [9.17, 15) is 9.90 Å². The van der Waals surface area contributed by atoms with Crippen molar-refractivity contribution in [1.82, 2.24) is 15.0 Å². The molecule has 0 spiro atoms. The monoisotopic (exact) mass is 394 g/mol. The molecule has 1 unspecified atom stereocenters. The number of H-pyrrole nitrogens is 1. The summed E-state index contributed by atoms with van der Waals surface area (Å²) in [6.07, 6.45) is 3.01. The van der Waals surface area contributed by atoms with Crippen LogP contribution in [0.5, 0.6) is 11.5 Å². The smallest absolute Gasteiger partial charge is 0.292 e. The van der Waals surface area contributed by atoms with Gasteiger partial charge in [-0.3, -0.25) is 4.79 Å². The third-order valence-electron chi connectivity index (χ3n) is 3.89. The van der Waals surface area contributed by atoms with Crippen molar-refractivity contribution in [2.24, 2.45) is 0 Å². The summed E-state index contributed by atoms with van der Waals surface area (Å²) in [6, 6.07) is 6.21. The quantitative estimate of drug-likeness (QED) is 0.442. The number of thioether (sulfide) groups is 1. The molecule has 1 aromatic carbocycles. The number of aromatic hydroxyl groups is 1. The number of fused-ring (bicyclic) bond motifs is 1. The number of rotatable bonds is 5. The van der Waals surface area contributed by atoms with E-state index in [1.165, 1.54) is 42.4 Å². The minimum atomic E-state index is -0.499. The highest BCUT2D eigenvalue weighted by molar-refractivity contribution is 8.00. The minimum Gasteiger partial charge on any atom is -0.504 e. The summed E-state index contributed by atoms with van der Waals surface area (Å²) in [6.45, 7) is 3.48. The number of nitriles is 2. The first-order chi connectivity index (χ1) is 13.4. The lowest BCUT2D eigenvalue weighted by Gasteiger charge is -2.11. The number of carbonyl (C=O) groups excluding carboxylic acids is 1. The fourth-order valence-electron chi connectivity index (χ4n) is 2.45. The molecule has 0 aliphatic carbocycles. The van der Waals surface area contributed by atoms with Gasteiger partial charge in [-0.15, -0.1) is 5.26 Å². The molecular weight excluding hydrogens is 380 g/mol. The van der Waals surface area contributed by atoms with E-state index in [1.54, 1.807) is 13.8 Å². The van der Waals surface area contributed by atoms with Gasteiger partial charge in [0.1, 0.15) is 11.8 Å². The third-order valence-corrected chi connectivity index (χ3v) is 4.87. The standard InChI is InChI=1S/C18H14N6O3S/c1-9-12(6-19)21-7-13-16(9)24-18(23-13)28-10(2)17(26)22-11-3-4-15(27-8-20)14(25)5-11/h3-5,7,10,25H,1-2H3,(H,22,26)(H,23,24). The van der Waals surface area contributed by atoms with Crippen molar-refractivity contribution in [3.05, 3.63) is 35.7 Å². The Morgan fingerprint density at radius 2 is 2.21 bits per heavy atom. The second kappa shape index (κ2) is 7.86. The number of nitrogens with one attached hydrogen (secondary N) is 2.